The number of rotatable bonds is 5. The summed E-state index contributed by atoms with van der Waals surface area (Å²) in [5.41, 5.74) is 4.63. The van der Waals surface area contributed by atoms with Crippen molar-refractivity contribution in [2.75, 3.05) is 7.05 Å². The molecule has 0 saturated carbocycles. The minimum Gasteiger partial charge on any atom is -0.355 e. The quantitative estimate of drug-likeness (QED) is 0.396. The summed E-state index contributed by atoms with van der Waals surface area (Å²) in [6.07, 6.45) is 1.39. The third kappa shape index (κ3) is 3.97. The van der Waals surface area contributed by atoms with E-state index in [-0.39, 0.29) is 5.91 Å². The molecule has 9 heteroatoms. The maximum atomic E-state index is 12.2. The van der Waals surface area contributed by atoms with Crippen LogP contribution in [0.5, 0.6) is 0 Å². The lowest BCUT2D eigenvalue weighted by molar-refractivity contribution is 0.0963. The molecule has 8 nitrogen and oxygen atoms in total. The number of fused-ring (bicyclic) bond motifs is 2. The molecule has 0 atom stereocenters. The van der Waals surface area contributed by atoms with Gasteiger partial charge in [0.25, 0.3) is 5.91 Å². The lowest BCUT2D eigenvalue weighted by Gasteiger charge is -2.07. The van der Waals surface area contributed by atoms with Gasteiger partial charge in [-0.25, -0.2) is 4.98 Å². The molecule has 3 aromatic heterocycles. The van der Waals surface area contributed by atoms with Crippen LogP contribution in [-0.2, 0) is 19.4 Å². The molecular formula is C24H21N7OS. The fourth-order valence-corrected chi connectivity index (χ4v) is 4.80. The van der Waals surface area contributed by atoms with Gasteiger partial charge < -0.3 is 9.88 Å². The third-order valence-corrected chi connectivity index (χ3v) is 6.49. The minimum absolute atomic E-state index is 0.111. The number of amides is 1. The first kappa shape index (κ1) is 20.8. The highest BCUT2D eigenvalue weighted by molar-refractivity contribution is 7.19. The predicted octanol–water partition coefficient (Wildman–Crippen LogP) is 3.33. The maximum absolute atomic E-state index is 12.2. The molecule has 1 amide bonds. The van der Waals surface area contributed by atoms with E-state index < -0.39 is 0 Å². The highest BCUT2D eigenvalue weighted by Gasteiger charge is 2.17. The Morgan fingerprint density at radius 2 is 2.09 bits per heavy atom. The van der Waals surface area contributed by atoms with Crippen molar-refractivity contribution in [2.24, 2.45) is 0 Å². The predicted molar refractivity (Wildman–Crippen MR) is 128 cm³/mol. The fraction of sp³-hybridized carbons (Fsp3) is 0.208. The second kappa shape index (κ2) is 8.84. The Hall–Kier alpha value is -4.03. The molecule has 0 spiro atoms. The number of nitrogens with zero attached hydrogens (tertiary/aromatic N) is 5. The van der Waals surface area contributed by atoms with Crippen molar-refractivity contribution in [1.29, 1.82) is 0 Å². The van der Waals surface area contributed by atoms with E-state index >= 15 is 0 Å². The minimum atomic E-state index is -0.111. The Balaban J connectivity index is 1.64. The van der Waals surface area contributed by atoms with Crippen LogP contribution >= 0.6 is 11.3 Å². The Morgan fingerprint density at radius 3 is 2.85 bits per heavy atom. The second-order valence-corrected chi connectivity index (χ2v) is 8.49. The van der Waals surface area contributed by atoms with Crippen LogP contribution in [0.1, 0.15) is 39.4 Å². The van der Waals surface area contributed by atoms with Crippen LogP contribution in [0.4, 0.5) is 0 Å². The summed E-state index contributed by atoms with van der Waals surface area (Å²) < 4.78 is 3.30. The summed E-state index contributed by atoms with van der Waals surface area (Å²) in [6.45, 7) is 2.74. The van der Waals surface area contributed by atoms with Crippen molar-refractivity contribution in [3.05, 3.63) is 70.1 Å². The zero-order valence-corrected chi connectivity index (χ0v) is 19.0. The smallest absolute Gasteiger partial charge is 0.251 e. The van der Waals surface area contributed by atoms with Gasteiger partial charge >= 0.3 is 0 Å². The third-order valence-electron chi connectivity index (χ3n) is 5.54. The van der Waals surface area contributed by atoms with Crippen LogP contribution in [-0.4, -0.2) is 43.1 Å². The summed E-state index contributed by atoms with van der Waals surface area (Å²) in [4.78, 5) is 16.9. The average Bonchev–Trinajstić information content (AvgIpc) is 3.57. The van der Waals surface area contributed by atoms with E-state index in [0.717, 1.165) is 43.8 Å². The second-order valence-electron chi connectivity index (χ2n) is 7.46. The Kier molecular flexibility index (Phi) is 5.59. The maximum Gasteiger partial charge on any atom is 0.251 e. The van der Waals surface area contributed by atoms with Crippen molar-refractivity contribution in [3.63, 3.8) is 0 Å². The molecule has 33 heavy (non-hydrogen) atoms. The first-order chi connectivity index (χ1) is 16.2. The molecule has 0 aliphatic carbocycles. The topological polar surface area (TPSA) is 101 Å². The molecule has 0 radical (unpaired) electrons. The van der Waals surface area contributed by atoms with E-state index in [0.29, 0.717) is 24.4 Å². The summed E-state index contributed by atoms with van der Waals surface area (Å²) in [7, 11) is 1.64. The largest absolute Gasteiger partial charge is 0.355 e. The molecule has 5 aromatic rings. The Morgan fingerprint density at radius 1 is 1.21 bits per heavy atom. The van der Waals surface area contributed by atoms with Crippen molar-refractivity contribution >= 4 is 38.4 Å². The first-order valence-corrected chi connectivity index (χ1v) is 11.5. The van der Waals surface area contributed by atoms with Crippen molar-refractivity contribution in [2.45, 2.75) is 26.3 Å². The van der Waals surface area contributed by atoms with Gasteiger partial charge in [0, 0.05) is 36.5 Å². The molecule has 0 aliphatic rings. The number of aromatic nitrogens is 6. The van der Waals surface area contributed by atoms with Gasteiger partial charge in [-0.15, -0.1) is 21.5 Å². The molecular weight excluding hydrogens is 434 g/mol. The fourth-order valence-electron chi connectivity index (χ4n) is 3.98. The monoisotopic (exact) mass is 455 g/mol. The summed E-state index contributed by atoms with van der Waals surface area (Å²) in [5, 5.41) is 18.8. The number of hydrogen-bond acceptors (Lipinski definition) is 6. The summed E-state index contributed by atoms with van der Waals surface area (Å²) in [5.74, 6) is 7.19. The lowest BCUT2D eigenvalue weighted by Crippen LogP contribution is -2.17. The van der Waals surface area contributed by atoms with Crippen molar-refractivity contribution in [3.8, 4) is 11.8 Å². The number of aromatic amines is 1. The lowest BCUT2D eigenvalue weighted by atomic mass is 10.1. The van der Waals surface area contributed by atoms with Crippen LogP contribution in [0.3, 0.4) is 0 Å². The van der Waals surface area contributed by atoms with Crippen LogP contribution in [0.15, 0.2) is 42.5 Å². The van der Waals surface area contributed by atoms with E-state index in [2.05, 4.69) is 60.3 Å². The van der Waals surface area contributed by atoms with E-state index in [9.17, 15) is 4.79 Å². The normalized spacial score (nSPS) is 11.0. The highest BCUT2D eigenvalue weighted by atomic mass is 32.1. The van der Waals surface area contributed by atoms with Gasteiger partial charge in [-0.2, -0.15) is 5.21 Å². The number of tetrazole rings is 1. The molecule has 3 heterocycles. The Bertz CT molecular complexity index is 1490. The van der Waals surface area contributed by atoms with Gasteiger partial charge in [-0.3, -0.25) is 4.79 Å². The number of carbonyl (C=O) groups excluding carboxylic acids is 1. The van der Waals surface area contributed by atoms with Gasteiger partial charge in [0.05, 0.1) is 15.9 Å². The number of benzene rings is 2. The van der Waals surface area contributed by atoms with Crippen molar-refractivity contribution in [1.82, 2.24) is 35.5 Å². The zero-order valence-electron chi connectivity index (χ0n) is 18.2. The standard InChI is InChI=1S/C24H21N7OS/c1-3-16-17-14-15(24(32)25-2)8-9-20(17)31(13-12-22-27-29-30-28-22)19(16)10-11-23-26-18-6-4-5-7-21(18)33-23/h4-9,14H,3,12-13H2,1-2H3,(H,25,32)(H,27,28,29,30). The number of para-hydroxylation sites is 1. The van der Waals surface area contributed by atoms with E-state index in [1.807, 2.05) is 36.4 Å². The van der Waals surface area contributed by atoms with E-state index in [4.69, 9.17) is 0 Å². The van der Waals surface area contributed by atoms with Crippen molar-refractivity contribution < 1.29 is 4.79 Å². The van der Waals surface area contributed by atoms with Gasteiger partial charge in [-0.05, 0) is 54.2 Å². The Labute approximate surface area is 194 Å². The van der Waals surface area contributed by atoms with Gasteiger partial charge in [0.1, 0.15) is 0 Å². The first-order valence-electron chi connectivity index (χ1n) is 10.6. The van der Waals surface area contributed by atoms with Crippen LogP contribution in [0, 0.1) is 11.8 Å². The number of nitrogens with one attached hydrogen (secondary N) is 2. The SMILES string of the molecule is CCc1c(C#Cc2nc3ccccc3s2)n(CCc2nn[nH]n2)c2ccc(C(=O)NC)cc12. The molecule has 0 unspecified atom stereocenters. The van der Waals surface area contributed by atoms with Crippen LogP contribution < -0.4 is 5.32 Å². The number of H-pyrrole nitrogens is 1. The van der Waals surface area contributed by atoms with Gasteiger partial charge in [0.2, 0.25) is 0 Å². The molecule has 0 saturated heterocycles. The number of hydrogen-bond donors (Lipinski definition) is 2. The zero-order chi connectivity index (χ0) is 22.8. The number of carbonyl (C=O) groups is 1. The van der Waals surface area contributed by atoms with Crippen LogP contribution in [0.25, 0.3) is 21.1 Å². The summed E-state index contributed by atoms with van der Waals surface area (Å²) in [6, 6.07) is 13.8. The summed E-state index contributed by atoms with van der Waals surface area (Å²) >= 11 is 1.58. The van der Waals surface area contributed by atoms with E-state index in [1.165, 1.54) is 0 Å². The molecule has 0 fully saturated rings. The highest BCUT2D eigenvalue weighted by Crippen LogP contribution is 2.28. The van der Waals surface area contributed by atoms with E-state index in [1.54, 1.807) is 18.4 Å². The molecule has 164 valence electrons. The molecule has 0 bridgehead atoms. The number of aryl methyl sites for hydroxylation is 3. The molecule has 5 rings (SSSR count). The molecule has 2 aromatic carbocycles. The van der Waals surface area contributed by atoms with Gasteiger partial charge in [-0.1, -0.05) is 24.3 Å². The van der Waals surface area contributed by atoms with Crippen LogP contribution in [0.2, 0.25) is 0 Å². The molecule has 0 aliphatic heterocycles. The van der Waals surface area contributed by atoms with Gasteiger partial charge in [0.15, 0.2) is 10.8 Å². The average molecular weight is 456 g/mol. The number of thiazole rings is 1. The molecule has 2 N–H and O–H groups in total.